The second-order valence-electron chi connectivity index (χ2n) is 6.07. The number of carbonyl (C=O) groups is 1. The van der Waals surface area contributed by atoms with Crippen molar-refractivity contribution in [2.45, 2.75) is 25.7 Å². The van der Waals surface area contributed by atoms with Crippen LogP contribution in [0, 0.1) is 0 Å². The first kappa shape index (κ1) is 17.2. The number of rotatable bonds is 4. The molecule has 1 aromatic carbocycles. The highest BCUT2D eigenvalue weighted by Crippen LogP contribution is 2.32. The number of anilines is 1. The highest BCUT2D eigenvalue weighted by molar-refractivity contribution is 8.26. The van der Waals surface area contributed by atoms with Gasteiger partial charge in [-0.1, -0.05) is 55.0 Å². The molecule has 126 valence electrons. The van der Waals surface area contributed by atoms with Crippen LogP contribution < -0.4 is 4.90 Å². The van der Waals surface area contributed by atoms with Crippen molar-refractivity contribution >= 4 is 46.0 Å². The van der Waals surface area contributed by atoms with E-state index in [9.17, 15) is 4.79 Å². The average Bonchev–Trinajstić information content (AvgIpc) is 2.80. The lowest BCUT2D eigenvalue weighted by molar-refractivity contribution is -0.121. The number of hydrogen-bond acceptors (Lipinski definition) is 4. The first-order chi connectivity index (χ1) is 11.7. The summed E-state index contributed by atoms with van der Waals surface area (Å²) in [4.78, 5) is 17.1. The van der Waals surface area contributed by atoms with Gasteiger partial charge in [0.15, 0.2) is 0 Å². The third-order valence-electron chi connectivity index (χ3n) is 4.35. The smallest absolute Gasteiger partial charge is 0.266 e. The number of carbonyl (C=O) groups excluding carboxylic acids is 1. The van der Waals surface area contributed by atoms with Gasteiger partial charge in [-0.05, 0) is 36.6 Å². The Morgan fingerprint density at radius 3 is 2.42 bits per heavy atom. The summed E-state index contributed by atoms with van der Waals surface area (Å²) < 4.78 is 0.604. The topological polar surface area (TPSA) is 23.6 Å². The van der Waals surface area contributed by atoms with Crippen molar-refractivity contribution in [3.63, 3.8) is 0 Å². The molecule has 0 bridgehead atoms. The van der Waals surface area contributed by atoms with Gasteiger partial charge in [-0.3, -0.25) is 9.69 Å². The van der Waals surface area contributed by atoms with Gasteiger partial charge < -0.3 is 4.90 Å². The fourth-order valence-electron chi connectivity index (χ4n) is 3.05. The zero-order chi connectivity index (χ0) is 16.9. The molecule has 0 spiro atoms. The molecular weight excluding hydrogens is 336 g/mol. The molecule has 2 heterocycles. The summed E-state index contributed by atoms with van der Waals surface area (Å²) >= 11 is 6.63. The number of thiocarbonyl (C=S) groups is 1. The summed E-state index contributed by atoms with van der Waals surface area (Å²) in [5.41, 5.74) is 2.31. The molecule has 3 rings (SSSR count). The minimum Gasteiger partial charge on any atom is -0.372 e. The minimum absolute atomic E-state index is 0.0264. The zero-order valence-corrected chi connectivity index (χ0v) is 15.4. The third kappa shape index (κ3) is 3.90. The number of amides is 1. The molecule has 2 aliphatic rings. The molecule has 0 atom stereocenters. The van der Waals surface area contributed by atoms with Crippen molar-refractivity contribution in [1.82, 2.24) is 4.90 Å². The second kappa shape index (κ2) is 7.99. The monoisotopic (exact) mass is 358 g/mol. The predicted octanol–water partition coefficient (Wildman–Crippen LogP) is 4.45. The van der Waals surface area contributed by atoms with Crippen LogP contribution in [0.15, 0.2) is 41.8 Å². The molecule has 0 radical (unpaired) electrons. The van der Waals surface area contributed by atoms with Crippen LogP contribution in [0.1, 0.15) is 31.2 Å². The molecule has 0 aromatic heterocycles. The second-order valence-corrected chi connectivity index (χ2v) is 7.75. The molecule has 5 heteroatoms. The molecule has 0 aliphatic carbocycles. The molecule has 1 amide bonds. The first-order valence-corrected chi connectivity index (χ1v) is 9.63. The predicted molar refractivity (Wildman–Crippen MR) is 107 cm³/mol. The van der Waals surface area contributed by atoms with Crippen LogP contribution in [-0.4, -0.2) is 34.8 Å². The van der Waals surface area contributed by atoms with E-state index >= 15 is 0 Å². The van der Waals surface area contributed by atoms with Gasteiger partial charge in [-0.25, -0.2) is 0 Å². The van der Waals surface area contributed by atoms with Gasteiger partial charge in [0.1, 0.15) is 4.32 Å². The van der Waals surface area contributed by atoms with E-state index in [4.69, 9.17) is 12.2 Å². The van der Waals surface area contributed by atoms with Crippen LogP contribution in [0.5, 0.6) is 0 Å². The van der Waals surface area contributed by atoms with E-state index in [1.54, 1.807) is 11.0 Å². The molecule has 24 heavy (non-hydrogen) atoms. The summed E-state index contributed by atoms with van der Waals surface area (Å²) in [6, 6.07) is 8.48. The molecule has 2 aliphatic heterocycles. The zero-order valence-electron chi connectivity index (χ0n) is 13.7. The Morgan fingerprint density at radius 1 is 1.12 bits per heavy atom. The molecule has 0 N–H and O–H groups in total. The average molecular weight is 359 g/mol. The summed E-state index contributed by atoms with van der Waals surface area (Å²) in [5, 5.41) is 0. The summed E-state index contributed by atoms with van der Waals surface area (Å²) in [7, 11) is 0. The normalized spacial score (nSPS) is 20.6. The number of hydrogen-bond donors (Lipinski definition) is 0. The maximum atomic E-state index is 12.4. The lowest BCUT2D eigenvalue weighted by Crippen LogP contribution is -2.27. The van der Waals surface area contributed by atoms with E-state index < -0.39 is 0 Å². The van der Waals surface area contributed by atoms with Crippen molar-refractivity contribution in [3.05, 3.63) is 47.4 Å². The van der Waals surface area contributed by atoms with E-state index in [1.165, 1.54) is 43.1 Å². The molecule has 2 saturated heterocycles. The van der Waals surface area contributed by atoms with E-state index in [0.717, 1.165) is 18.7 Å². The Balaban J connectivity index is 1.73. The van der Waals surface area contributed by atoms with Crippen LogP contribution in [0.25, 0.3) is 6.08 Å². The van der Waals surface area contributed by atoms with Crippen molar-refractivity contribution in [1.29, 1.82) is 0 Å². The lowest BCUT2D eigenvalue weighted by atomic mass is 10.1. The molecule has 3 nitrogen and oxygen atoms in total. The SMILES string of the molecule is C=CCN1C(=O)/C(=C\c2ccc(N3CCCCCC3)cc2)SC1=S. The molecule has 0 unspecified atom stereocenters. The van der Waals surface area contributed by atoms with Gasteiger partial charge in [0.25, 0.3) is 5.91 Å². The number of nitrogens with zero attached hydrogens (tertiary/aromatic N) is 2. The van der Waals surface area contributed by atoms with Gasteiger partial charge >= 0.3 is 0 Å². The van der Waals surface area contributed by atoms with Crippen LogP contribution in [0.2, 0.25) is 0 Å². The Morgan fingerprint density at radius 2 is 1.79 bits per heavy atom. The quantitative estimate of drug-likeness (QED) is 0.451. The third-order valence-corrected chi connectivity index (χ3v) is 5.73. The van der Waals surface area contributed by atoms with Gasteiger partial charge in [-0.15, -0.1) is 6.58 Å². The molecule has 1 aromatic rings. The standard InChI is InChI=1S/C19H22N2OS2/c1-2-11-21-18(22)17(24-19(21)23)14-15-7-9-16(10-8-15)20-12-5-3-4-6-13-20/h2,7-10,14H,1,3-6,11-13H2/b17-14+. The van der Waals surface area contributed by atoms with Crippen molar-refractivity contribution < 1.29 is 4.79 Å². The van der Waals surface area contributed by atoms with Gasteiger partial charge in [0.05, 0.1) is 4.91 Å². The molecule has 0 saturated carbocycles. The molecular formula is C19H22N2OS2. The Hall–Kier alpha value is -1.59. The maximum absolute atomic E-state index is 12.4. The lowest BCUT2D eigenvalue weighted by Gasteiger charge is -2.22. The van der Waals surface area contributed by atoms with Gasteiger partial charge in [0, 0.05) is 25.3 Å². The number of thioether (sulfide) groups is 1. The Kier molecular flexibility index (Phi) is 5.74. The maximum Gasteiger partial charge on any atom is 0.266 e. The Bertz CT molecular complexity index is 658. The van der Waals surface area contributed by atoms with Crippen LogP contribution >= 0.6 is 24.0 Å². The summed E-state index contributed by atoms with van der Waals surface area (Å²) in [6.45, 7) is 6.42. The fourth-order valence-corrected chi connectivity index (χ4v) is 4.32. The largest absolute Gasteiger partial charge is 0.372 e. The van der Waals surface area contributed by atoms with E-state index in [1.807, 2.05) is 6.08 Å². The van der Waals surface area contributed by atoms with E-state index in [-0.39, 0.29) is 5.91 Å². The first-order valence-electron chi connectivity index (χ1n) is 8.40. The number of benzene rings is 1. The van der Waals surface area contributed by atoms with Crippen LogP contribution in [0.3, 0.4) is 0 Å². The highest BCUT2D eigenvalue weighted by Gasteiger charge is 2.30. The van der Waals surface area contributed by atoms with Crippen LogP contribution in [-0.2, 0) is 4.79 Å². The van der Waals surface area contributed by atoms with Crippen molar-refractivity contribution in [2.24, 2.45) is 0 Å². The molecule has 2 fully saturated rings. The van der Waals surface area contributed by atoms with Crippen LogP contribution in [0.4, 0.5) is 5.69 Å². The van der Waals surface area contributed by atoms with Gasteiger partial charge in [0.2, 0.25) is 0 Å². The van der Waals surface area contributed by atoms with Gasteiger partial charge in [-0.2, -0.15) is 0 Å². The summed E-state index contributed by atoms with van der Waals surface area (Å²) in [5.74, 6) is -0.0264. The van der Waals surface area contributed by atoms with Crippen molar-refractivity contribution in [2.75, 3.05) is 24.5 Å². The fraction of sp³-hybridized carbons (Fsp3) is 0.368. The van der Waals surface area contributed by atoms with E-state index in [2.05, 4.69) is 35.7 Å². The van der Waals surface area contributed by atoms with E-state index in [0.29, 0.717) is 15.8 Å². The minimum atomic E-state index is -0.0264. The Labute approximate surface area is 153 Å². The van der Waals surface area contributed by atoms with Crippen molar-refractivity contribution in [3.8, 4) is 0 Å². The summed E-state index contributed by atoms with van der Waals surface area (Å²) in [6.07, 6.45) is 8.83. The highest BCUT2D eigenvalue weighted by atomic mass is 32.2.